The molecule has 21 heavy (non-hydrogen) atoms. The second kappa shape index (κ2) is 5.87. The summed E-state index contributed by atoms with van der Waals surface area (Å²) in [5, 5.41) is 4.33. The summed E-state index contributed by atoms with van der Waals surface area (Å²) in [7, 11) is 1.51. The lowest BCUT2D eigenvalue weighted by Gasteiger charge is -2.12. The second-order valence-corrected chi connectivity index (χ2v) is 7.28. The van der Waals surface area contributed by atoms with Crippen molar-refractivity contribution in [2.75, 3.05) is 0 Å². The Morgan fingerprint density at radius 3 is 2.62 bits per heavy atom. The molecule has 0 amide bonds. The Balaban J connectivity index is 2.56. The summed E-state index contributed by atoms with van der Waals surface area (Å²) in [5.74, 6) is -0.518. The molecule has 1 aromatic carbocycles. The van der Waals surface area contributed by atoms with E-state index < -0.39 is 12.5 Å². The number of aromatic nitrogens is 2. The van der Waals surface area contributed by atoms with Crippen molar-refractivity contribution in [3.8, 4) is 5.88 Å². The van der Waals surface area contributed by atoms with Crippen molar-refractivity contribution in [3.05, 3.63) is 46.1 Å². The molecule has 0 saturated heterocycles. The molecule has 0 aliphatic heterocycles. The highest BCUT2D eigenvalue weighted by Gasteiger charge is 2.27. The Labute approximate surface area is 131 Å². The number of ketones is 1. The molecule has 2 rings (SSSR count). The maximum absolute atomic E-state index is 12.6. The normalized spacial score (nSPS) is 11.5. The quantitative estimate of drug-likeness (QED) is 0.652. The molecule has 0 spiro atoms. The highest BCUT2D eigenvalue weighted by Crippen LogP contribution is 2.40. The molecule has 1 heterocycles. The molecule has 6 nitrogen and oxygen atoms in total. The Morgan fingerprint density at radius 2 is 2.05 bits per heavy atom. The predicted octanol–water partition coefficient (Wildman–Crippen LogP) is 2.20. The molecule has 0 radical (unpaired) electrons. The van der Waals surface area contributed by atoms with Crippen molar-refractivity contribution in [2.24, 2.45) is 7.05 Å². The number of nitrogens with zero attached hydrogens (tertiary/aromatic N) is 2. The molecule has 0 bridgehead atoms. The summed E-state index contributed by atoms with van der Waals surface area (Å²) in [6.45, 7) is -2.38. The van der Waals surface area contributed by atoms with Gasteiger partial charge in [-0.15, -0.1) is 0 Å². The van der Waals surface area contributed by atoms with E-state index in [1.807, 2.05) is 0 Å². The summed E-state index contributed by atoms with van der Waals surface area (Å²) in [6, 6.07) is 6.53. The molecular weight excluding hydrogens is 335 g/mol. The standard InChI is InChI=1S/C12H12ClN2O4PS/c1-7-10(11(16)8-5-3-4-6-9(8)13)12(15(2)14-7)19-20(17,18)21/h3-6H,1-2H3,(H2,17,18,21). The molecule has 2 N–H and O–H groups in total. The topological polar surface area (TPSA) is 84.6 Å². The van der Waals surface area contributed by atoms with Gasteiger partial charge in [0.1, 0.15) is 5.56 Å². The largest absolute Gasteiger partial charge is 0.405 e. The molecular formula is C12H12ClN2O4PS. The third-order valence-electron chi connectivity index (χ3n) is 2.72. The lowest BCUT2D eigenvalue weighted by Crippen LogP contribution is -2.06. The Morgan fingerprint density at radius 1 is 1.43 bits per heavy atom. The van der Waals surface area contributed by atoms with Gasteiger partial charge >= 0.3 is 6.72 Å². The van der Waals surface area contributed by atoms with Crippen LogP contribution in [0.15, 0.2) is 24.3 Å². The van der Waals surface area contributed by atoms with E-state index in [4.69, 9.17) is 16.1 Å². The lowest BCUT2D eigenvalue weighted by atomic mass is 10.0. The van der Waals surface area contributed by atoms with Gasteiger partial charge in [0.15, 0.2) is 0 Å². The summed E-state index contributed by atoms with van der Waals surface area (Å²) in [4.78, 5) is 31.2. The summed E-state index contributed by atoms with van der Waals surface area (Å²) in [5.41, 5.74) is 0.744. The predicted molar refractivity (Wildman–Crippen MR) is 82.2 cm³/mol. The maximum atomic E-state index is 12.6. The van der Waals surface area contributed by atoms with Crippen molar-refractivity contribution in [1.29, 1.82) is 0 Å². The van der Waals surface area contributed by atoms with Gasteiger partial charge in [-0.3, -0.25) is 4.79 Å². The zero-order chi connectivity index (χ0) is 15.8. The fraction of sp³-hybridized carbons (Fsp3) is 0.167. The van der Waals surface area contributed by atoms with Crippen LogP contribution >= 0.6 is 18.3 Å². The van der Waals surface area contributed by atoms with Gasteiger partial charge in [-0.2, -0.15) is 5.10 Å². The molecule has 0 fully saturated rings. The van der Waals surface area contributed by atoms with Gasteiger partial charge < -0.3 is 14.3 Å². The Hall–Kier alpha value is -1.24. The molecule has 112 valence electrons. The molecule has 9 heteroatoms. The Bertz CT molecular complexity index is 756. The van der Waals surface area contributed by atoms with Crippen LogP contribution in [-0.2, 0) is 18.9 Å². The van der Waals surface area contributed by atoms with E-state index in [9.17, 15) is 14.6 Å². The highest BCUT2D eigenvalue weighted by molar-refractivity contribution is 8.06. The zero-order valence-electron chi connectivity index (χ0n) is 11.1. The van der Waals surface area contributed by atoms with Crippen LogP contribution in [0.1, 0.15) is 21.6 Å². The average molecular weight is 347 g/mol. The van der Waals surface area contributed by atoms with Crippen molar-refractivity contribution >= 4 is 35.9 Å². The van der Waals surface area contributed by atoms with E-state index in [1.54, 1.807) is 31.2 Å². The van der Waals surface area contributed by atoms with E-state index >= 15 is 0 Å². The van der Waals surface area contributed by atoms with Gasteiger partial charge in [0.2, 0.25) is 11.7 Å². The van der Waals surface area contributed by atoms with E-state index in [-0.39, 0.29) is 22.0 Å². The Kier molecular flexibility index (Phi) is 4.51. The third kappa shape index (κ3) is 3.51. The van der Waals surface area contributed by atoms with Crippen LogP contribution in [0.5, 0.6) is 5.88 Å². The van der Waals surface area contributed by atoms with Crippen molar-refractivity contribution in [3.63, 3.8) is 0 Å². The SMILES string of the molecule is Cc1nn(C)c(OP(O)(O)=S)c1C(=O)c1ccccc1Cl. The first-order valence-electron chi connectivity index (χ1n) is 5.78. The van der Waals surface area contributed by atoms with Gasteiger partial charge in [0.05, 0.1) is 10.7 Å². The number of carbonyl (C=O) groups excluding carboxylic acids is 1. The van der Waals surface area contributed by atoms with E-state index in [1.165, 1.54) is 11.7 Å². The molecule has 0 aliphatic rings. The van der Waals surface area contributed by atoms with Crippen LogP contribution in [0.25, 0.3) is 0 Å². The van der Waals surface area contributed by atoms with E-state index in [0.717, 1.165) is 0 Å². The summed E-state index contributed by atoms with van der Waals surface area (Å²) in [6.07, 6.45) is 0. The molecule has 0 saturated carbocycles. The number of carbonyl (C=O) groups is 1. The van der Waals surface area contributed by atoms with E-state index in [0.29, 0.717) is 5.69 Å². The van der Waals surface area contributed by atoms with Crippen molar-refractivity contribution in [1.82, 2.24) is 9.78 Å². The maximum Gasteiger partial charge on any atom is 0.376 e. The van der Waals surface area contributed by atoms with Gasteiger partial charge in [0.25, 0.3) is 0 Å². The fourth-order valence-corrected chi connectivity index (χ4v) is 2.76. The minimum atomic E-state index is -3.98. The van der Waals surface area contributed by atoms with E-state index in [2.05, 4.69) is 16.9 Å². The number of halogens is 1. The number of benzene rings is 1. The monoisotopic (exact) mass is 346 g/mol. The molecule has 1 aromatic heterocycles. The van der Waals surface area contributed by atoms with Crippen LogP contribution in [0.2, 0.25) is 5.02 Å². The lowest BCUT2D eigenvalue weighted by molar-refractivity contribution is 0.103. The number of hydrogen-bond acceptors (Lipinski definition) is 4. The van der Waals surface area contributed by atoms with Gasteiger partial charge in [0, 0.05) is 24.4 Å². The first-order valence-corrected chi connectivity index (χ1v) is 8.79. The fourth-order valence-electron chi connectivity index (χ4n) is 1.90. The minimum Gasteiger partial charge on any atom is -0.405 e. The molecule has 2 aromatic rings. The number of aryl methyl sites for hydroxylation is 2. The van der Waals surface area contributed by atoms with Gasteiger partial charge in [-0.25, -0.2) is 4.68 Å². The van der Waals surface area contributed by atoms with Gasteiger partial charge in [-0.1, -0.05) is 23.7 Å². The van der Waals surface area contributed by atoms with Crippen molar-refractivity contribution < 1.29 is 19.1 Å². The smallest absolute Gasteiger partial charge is 0.376 e. The second-order valence-electron chi connectivity index (χ2n) is 4.28. The molecule has 0 atom stereocenters. The van der Waals surface area contributed by atoms with Crippen LogP contribution < -0.4 is 4.52 Å². The number of rotatable bonds is 4. The first kappa shape index (κ1) is 16.1. The van der Waals surface area contributed by atoms with Crippen LogP contribution in [0, 0.1) is 6.92 Å². The highest BCUT2D eigenvalue weighted by atomic mass is 35.5. The summed E-state index contributed by atoms with van der Waals surface area (Å²) >= 11 is 10.5. The minimum absolute atomic E-state index is 0.0919. The third-order valence-corrected chi connectivity index (χ3v) is 3.68. The zero-order valence-corrected chi connectivity index (χ0v) is 13.6. The van der Waals surface area contributed by atoms with Crippen LogP contribution in [0.3, 0.4) is 0 Å². The molecule has 0 unspecified atom stereocenters. The molecule has 0 aliphatic carbocycles. The average Bonchev–Trinajstić information content (AvgIpc) is 2.62. The first-order chi connectivity index (χ1) is 9.70. The van der Waals surface area contributed by atoms with Crippen LogP contribution in [-0.4, -0.2) is 25.4 Å². The summed E-state index contributed by atoms with van der Waals surface area (Å²) < 4.78 is 6.17. The van der Waals surface area contributed by atoms with Crippen LogP contribution in [0.4, 0.5) is 0 Å². The van der Waals surface area contributed by atoms with Crippen molar-refractivity contribution in [2.45, 2.75) is 6.92 Å². The van der Waals surface area contributed by atoms with Gasteiger partial charge in [-0.05, 0) is 19.1 Å². The number of hydrogen-bond donors (Lipinski definition) is 2.